The third kappa shape index (κ3) is 6.42. The maximum atomic E-state index is 12.3. The van der Waals surface area contributed by atoms with Crippen LogP contribution >= 0.6 is 11.6 Å². The Morgan fingerprint density at radius 1 is 1.26 bits per heavy atom. The van der Waals surface area contributed by atoms with E-state index in [1.54, 1.807) is 50.4 Å². The lowest BCUT2D eigenvalue weighted by atomic mass is 10.1. The van der Waals surface area contributed by atoms with Gasteiger partial charge in [-0.2, -0.15) is 0 Å². The molecule has 0 saturated heterocycles. The molecule has 0 aliphatic rings. The van der Waals surface area contributed by atoms with Crippen LogP contribution in [0.2, 0.25) is 5.02 Å². The zero-order valence-electron chi connectivity index (χ0n) is 15.1. The maximum Gasteiger partial charge on any atom is 0.317 e. The van der Waals surface area contributed by atoms with Crippen molar-refractivity contribution in [2.45, 2.75) is 17.9 Å². The quantitative estimate of drug-likeness (QED) is 0.731. The summed E-state index contributed by atoms with van der Waals surface area (Å²) in [7, 11) is -2.08. The normalized spacial score (nSPS) is 12.3. The van der Waals surface area contributed by atoms with E-state index in [1.165, 1.54) is 17.0 Å². The van der Waals surface area contributed by atoms with Crippen molar-refractivity contribution in [1.29, 1.82) is 0 Å². The maximum absolute atomic E-state index is 12.3. The number of carbonyl (C=O) groups is 1. The lowest BCUT2D eigenvalue weighted by Gasteiger charge is -2.22. The molecule has 2 rings (SSSR count). The Balaban J connectivity index is 1.84. The van der Waals surface area contributed by atoms with E-state index in [1.807, 2.05) is 0 Å². The van der Waals surface area contributed by atoms with Gasteiger partial charge in [0.05, 0.1) is 17.5 Å². The van der Waals surface area contributed by atoms with Crippen LogP contribution < -0.4 is 15.2 Å². The summed E-state index contributed by atoms with van der Waals surface area (Å²) >= 11 is 5.89. The number of primary sulfonamides is 1. The first-order valence-corrected chi connectivity index (χ1v) is 10.1. The van der Waals surface area contributed by atoms with Gasteiger partial charge < -0.3 is 15.0 Å². The van der Waals surface area contributed by atoms with Gasteiger partial charge in [0.1, 0.15) is 12.4 Å². The zero-order chi connectivity index (χ0) is 20.0. The Morgan fingerprint density at radius 2 is 1.93 bits per heavy atom. The van der Waals surface area contributed by atoms with Gasteiger partial charge in [-0.1, -0.05) is 29.8 Å². The minimum Gasteiger partial charge on any atom is -0.492 e. The monoisotopic (exact) mass is 411 g/mol. The molecule has 1 unspecified atom stereocenters. The molecule has 7 nitrogen and oxygen atoms in total. The van der Waals surface area contributed by atoms with Gasteiger partial charge in [-0.05, 0) is 42.8 Å². The lowest BCUT2D eigenvalue weighted by Crippen LogP contribution is -2.40. The molecule has 0 spiro atoms. The molecule has 0 heterocycles. The van der Waals surface area contributed by atoms with E-state index in [9.17, 15) is 13.2 Å². The topological polar surface area (TPSA) is 102 Å². The van der Waals surface area contributed by atoms with Crippen LogP contribution in [0.25, 0.3) is 0 Å². The molecule has 2 amide bonds. The number of ether oxygens (including phenoxy) is 1. The number of rotatable bonds is 7. The molecule has 0 bridgehead atoms. The number of nitrogens with one attached hydrogen (secondary N) is 1. The van der Waals surface area contributed by atoms with Crippen LogP contribution in [0.4, 0.5) is 4.79 Å². The van der Waals surface area contributed by atoms with Crippen LogP contribution in [0.15, 0.2) is 53.4 Å². The standard InChI is InChI=1S/C18H22ClN3O4S/c1-13(14-6-8-17(9-7-14)27(20,24)25)21-18(23)22(2)10-11-26-16-5-3-4-15(19)12-16/h3-9,12-13H,10-11H2,1-2H3,(H,21,23)(H2,20,24,25). The Labute approximate surface area is 164 Å². The van der Waals surface area contributed by atoms with E-state index in [0.717, 1.165) is 5.56 Å². The van der Waals surface area contributed by atoms with Crippen LogP contribution in [-0.4, -0.2) is 39.5 Å². The summed E-state index contributed by atoms with van der Waals surface area (Å²) in [4.78, 5) is 13.8. The van der Waals surface area contributed by atoms with Crippen LogP contribution in [0.3, 0.4) is 0 Å². The number of halogens is 1. The molecule has 1 atom stereocenters. The molecule has 0 aromatic heterocycles. The van der Waals surface area contributed by atoms with Gasteiger partial charge in [0, 0.05) is 12.1 Å². The third-order valence-electron chi connectivity index (χ3n) is 3.89. The third-order valence-corrected chi connectivity index (χ3v) is 5.05. The molecule has 0 fully saturated rings. The number of benzene rings is 2. The minimum absolute atomic E-state index is 0.0278. The van der Waals surface area contributed by atoms with Gasteiger partial charge in [-0.15, -0.1) is 0 Å². The van der Waals surface area contributed by atoms with Crippen molar-refractivity contribution in [1.82, 2.24) is 10.2 Å². The van der Waals surface area contributed by atoms with E-state index in [2.05, 4.69) is 5.32 Å². The number of hydrogen-bond acceptors (Lipinski definition) is 4. The van der Waals surface area contributed by atoms with Crippen molar-refractivity contribution >= 4 is 27.7 Å². The zero-order valence-corrected chi connectivity index (χ0v) is 16.6. The van der Waals surface area contributed by atoms with Crippen molar-refractivity contribution < 1.29 is 17.9 Å². The van der Waals surface area contributed by atoms with Crippen LogP contribution in [-0.2, 0) is 10.0 Å². The number of likely N-dealkylation sites (N-methyl/N-ethyl adjacent to an activating group) is 1. The number of urea groups is 1. The number of nitrogens with two attached hydrogens (primary N) is 1. The molecule has 2 aromatic rings. The van der Waals surface area contributed by atoms with E-state index < -0.39 is 10.0 Å². The first-order valence-electron chi connectivity index (χ1n) is 8.19. The largest absolute Gasteiger partial charge is 0.492 e. The molecule has 27 heavy (non-hydrogen) atoms. The highest BCUT2D eigenvalue weighted by Crippen LogP contribution is 2.17. The van der Waals surface area contributed by atoms with Crippen LogP contribution in [0.5, 0.6) is 5.75 Å². The first kappa shape index (κ1) is 21.0. The van der Waals surface area contributed by atoms with Crippen LogP contribution in [0.1, 0.15) is 18.5 Å². The lowest BCUT2D eigenvalue weighted by molar-refractivity contribution is 0.192. The fraction of sp³-hybridized carbons (Fsp3) is 0.278. The van der Waals surface area contributed by atoms with E-state index in [-0.39, 0.29) is 17.0 Å². The molecule has 2 aromatic carbocycles. The molecule has 0 aliphatic heterocycles. The summed E-state index contributed by atoms with van der Waals surface area (Å²) in [6.07, 6.45) is 0. The van der Waals surface area contributed by atoms with E-state index in [0.29, 0.717) is 23.9 Å². The Morgan fingerprint density at radius 3 is 2.52 bits per heavy atom. The second-order valence-electron chi connectivity index (χ2n) is 6.01. The van der Waals surface area contributed by atoms with Gasteiger partial charge >= 0.3 is 6.03 Å². The van der Waals surface area contributed by atoms with E-state index >= 15 is 0 Å². The molecule has 146 valence electrons. The summed E-state index contributed by atoms with van der Waals surface area (Å²) in [5, 5.41) is 8.50. The number of carbonyl (C=O) groups excluding carboxylic acids is 1. The number of amides is 2. The second kappa shape index (κ2) is 9.07. The second-order valence-corrected chi connectivity index (χ2v) is 8.01. The smallest absolute Gasteiger partial charge is 0.317 e. The van der Waals surface area contributed by atoms with Crippen LogP contribution in [0, 0.1) is 0 Å². The molecule has 3 N–H and O–H groups in total. The fourth-order valence-electron chi connectivity index (χ4n) is 2.28. The molecule has 0 radical (unpaired) electrons. The Bertz CT molecular complexity index is 888. The van der Waals surface area contributed by atoms with Gasteiger partial charge in [0.2, 0.25) is 10.0 Å². The summed E-state index contributed by atoms with van der Waals surface area (Å²) in [5.74, 6) is 0.639. The molecule has 0 aliphatic carbocycles. The number of nitrogens with zero attached hydrogens (tertiary/aromatic N) is 1. The van der Waals surface area contributed by atoms with Crippen molar-refractivity contribution in [3.8, 4) is 5.75 Å². The first-order chi connectivity index (χ1) is 12.7. The van der Waals surface area contributed by atoms with Gasteiger partial charge in [0.15, 0.2) is 0 Å². The minimum atomic E-state index is -3.74. The fourth-order valence-corrected chi connectivity index (χ4v) is 2.98. The Kier molecular flexibility index (Phi) is 7.06. The summed E-state index contributed by atoms with van der Waals surface area (Å²) in [6, 6.07) is 12.5. The van der Waals surface area contributed by atoms with Gasteiger partial charge in [0.25, 0.3) is 0 Å². The highest BCUT2D eigenvalue weighted by Gasteiger charge is 2.14. The van der Waals surface area contributed by atoms with Gasteiger partial charge in [-0.3, -0.25) is 0 Å². The summed E-state index contributed by atoms with van der Waals surface area (Å²) in [5.41, 5.74) is 0.763. The van der Waals surface area contributed by atoms with E-state index in [4.69, 9.17) is 21.5 Å². The average molecular weight is 412 g/mol. The highest BCUT2D eigenvalue weighted by molar-refractivity contribution is 7.89. The molecular formula is C18H22ClN3O4S. The predicted molar refractivity (Wildman–Crippen MR) is 104 cm³/mol. The summed E-state index contributed by atoms with van der Waals surface area (Å²) in [6.45, 7) is 2.51. The van der Waals surface area contributed by atoms with Crippen molar-refractivity contribution in [2.75, 3.05) is 20.2 Å². The molecule has 9 heteroatoms. The van der Waals surface area contributed by atoms with Gasteiger partial charge in [-0.25, -0.2) is 18.4 Å². The van der Waals surface area contributed by atoms with Crippen molar-refractivity contribution in [3.63, 3.8) is 0 Å². The number of sulfonamides is 1. The van der Waals surface area contributed by atoms with Crippen molar-refractivity contribution in [3.05, 3.63) is 59.1 Å². The number of hydrogen-bond donors (Lipinski definition) is 2. The Hall–Kier alpha value is -2.29. The summed E-state index contributed by atoms with van der Waals surface area (Å²) < 4.78 is 28.1. The molecular weight excluding hydrogens is 390 g/mol. The highest BCUT2D eigenvalue weighted by atomic mass is 35.5. The van der Waals surface area contributed by atoms with Crippen molar-refractivity contribution in [2.24, 2.45) is 5.14 Å². The average Bonchev–Trinajstić information content (AvgIpc) is 2.61. The predicted octanol–water partition coefficient (Wildman–Crippen LogP) is 2.77. The SMILES string of the molecule is CC(NC(=O)N(C)CCOc1cccc(Cl)c1)c1ccc(S(N)(=O)=O)cc1. The molecule has 0 saturated carbocycles.